The van der Waals surface area contributed by atoms with Crippen molar-refractivity contribution in [2.24, 2.45) is 5.92 Å². The van der Waals surface area contributed by atoms with Gasteiger partial charge < -0.3 is 26.2 Å². The van der Waals surface area contributed by atoms with E-state index in [4.69, 9.17) is 19.2 Å². The van der Waals surface area contributed by atoms with Crippen LogP contribution in [0.1, 0.15) is 52.4 Å². The predicted molar refractivity (Wildman–Crippen MR) is 55.5 cm³/mol. The Kier molecular flexibility index (Phi) is 19.1. The van der Waals surface area contributed by atoms with Crippen molar-refractivity contribution in [3.63, 3.8) is 0 Å². The van der Waals surface area contributed by atoms with Gasteiger partial charge in [-0.05, 0) is 5.92 Å². The molecule has 0 bridgehead atoms. The van der Waals surface area contributed by atoms with Gasteiger partial charge in [0.15, 0.2) is 0 Å². The molecule has 0 heterocycles. The first-order chi connectivity index (χ1) is 6.77. The molecule has 94 valence electrons. The summed E-state index contributed by atoms with van der Waals surface area (Å²) in [6, 6.07) is 0. The Hall–Kier alpha value is 0.824. The second-order valence-electron chi connectivity index (χ2n) is 3.90. The van der Waals surface area contributed by atoms with Crippen LogP contribution in [0.4, 0.5) is 0 Å². The number of phosphoric acid groups is 1. The van der Waals surface area contributed by atoms with Gasteiger partial charge in [-0.15, -0.1) is 0 Å². The van der Waals surface area contributed by atoms with Gasteiger partial charge in [-0.2, -0.15) is 14.2 Å². The van der Waals surface area contributed by atoms with Crippen LogP contribution in [0.15, 0.2) is 0 Å². The van der Waals surface area contributed by atoms with Gasteiger partial charge in [-0.1, -0.05) is 46.0 Å². The molecule has 0 aliphatic rings. The van der Waals surface area contributed by atoms with Crippen molar-refractivity contribution >= 4 is 7.82 Å². The molecule has 0 atom stereocenters. The minimum atomic E-state index is -5.39. The number of rotatable bonds is 6. The third kappa shape index (κ3) is 46.3. The number of hydrogen-bond donors (Lipinski definition) is 0. The van der Waals surface area contributed by atoms with Crippen molar-refractivity contribution in [2.45, 2.75) is 52.4 Å². The summed E-state index contributed by atoms with van der Waals surface area (Å²) in [6.45, 7) is 8.40. The van der Waals surface area contributed by atoms with Crippen molar-refractivity contribution in [3.8, 4) is 0 Å². The van der Waals surface area contributed by atoms with Crippen molar-refractivity contribution < 1.29 is 41.0 Å². The SMILES string of the molecule is O=P([O-])([O-])[O-].[CH2-]CCCCCCC(C)C.[Ti+4]. The van der Waals surface area contributed by atoms with Crippen LogP contribution in [-0.2, 0) is 26.3 Å². The van der Waals surface area contributed by atoms with Gasteiger partial charge in [0.1, 0.15) is 0 Å². The van der Waals surface area contributed by atoms with E-state index in [1.165, 1.54) is 32.1 Å². The van der Waals surface area contributed by atoms with E-state index in [1.54, 1.807) is 0 Å². The molecule has 0 amide bonds. The summed E-state index contributed by atoms with van der Waals surface area (Å²) in [4.78, 5) is 25.6. The van der Waals surface area contributed by atoms with Crippen LogP contribution in [0, 0.1) is 12.8 Å². The van der Waals surface area contributed by atoms with E-state index < -0.39 is 7.82 Å². The molecule has 0 rings (SSSR count). The zero-order valence-electron chi connectivity index (χ0n) is 10.1. The van der Waals surface area contributed by atoms with Gasteiger partial charge in [-0.3, -0.25) is 0 Å². The standard InChI is InChI=1S/C10H21.H3O4P.Ti/c1-4-5-6-7-8-9-10(2)3;1-5(2,3)4;/h10H,1,4-9H2,2-3H3;(H3,1,2,3,4);/q-1;;+4/p-3. The molecule has 16 heavy (non-hydrogen) atoms. The fourth-order valence-corrected chi connectivity index (χ4v) is 1.08. The fraction of sp³-hybridized carbons (Fsp3) is 0.900. The molecule has 0 N–H and O–H groups in total. The first kappa shape index (κ1) is 22.0. The van der Waals surface area contributed by atoms with Gasteiger partial charge >= 0.3 is 21.7 Å². The molecular weight excluding hydrogens is 263 g/mol. The summed E-state index contributed by atoms with van der Waals surface area (Å²) in [6.07, 6.45) is 8.04. The predicted octanol–water partition coefficient (Wildman–Crippen LogP) is 0.990. The van der Waals surface area contributed by atoms with E-state index in [0.717, 1.165) is 12.3 Å². The van der Waals surface area contributed by atoms with E-state index in [-0.39, 0.29) is 21.7 Å². The van der Waals surface area contributed by atoms with Crippen LogP contribution >= 0.6 is 7.82 Å². The molecule has 4 nitrogen and oxygen atoms in total. The Morgan fingerprint density at radius 3 is 1.75 bits per heavy atom. The van der Waals surface area contributed by atoms with Gasteiger partial charge in [0.2, 0.25) is 0 Å². The Morgan fingerprint density at radius 2 is 1.44 bits per heavy atom. The van der Waals surface area contributed by atoms with E-state index in [0.29, 0.717) is 0 Å². The summed E-state index contributed by atoms with van der Waals surface area (Å²) >= 11 is 0. The number of unbranched alkanes of at least 4 members (excludes halogenated alkanes) is 4. The normalized spacial score (nSPS) is 10.4. The third-order valence-electron chi connectivity index (χ3n) is 1.78. The second-order valence-corrected chi connectivity index (χ2v) is 4.79. The van der Waals surface area contributed by atoms with Crippen molar-refractivity contribution in [3.05, 3.63) is 6.92 Å². The molecule has 0 radical (unpaired) electrons. The third-order valence-corrected chi connectivity index (χ3v) is 1.78. The summed E-state index contributed by atoms with van der Waals surface area (Å²) in [5, 5.41) is 0. The summed E-state index contributed by atoms with van der Waals surface area (Å²) < 4.78 is 8.55. The maximum Gasteiger partial charge on any atom is 4.00 e. The van der Waals surface area contributed by atoms with Crippen molar-refractivity contribution in [2.75, 3.05) is 0 Å². The smallest absolute Gasteiger partial charge is 0.822 e. The number of hydrogen-bond acceptors (Lipinski definition) is 4. The first-order valence-corrected chi connectivity index (χ1v) is 6.75. The Balaban J connectivity index is -0.000000242. The average molecular weight is 284 g/mol. The van der Waals surface area contributed by atoms with E-state index in [9.17, 15) is 0 Å². The Bertz CT molecular complexity index is 162. The van der Waals surface area contributed by atoms with Gasteiger partial charge in [0.25, 0.3) is 0 Å². The summed E-state index contributed by atoms with van der Waals surface area (Å²) in [7, 11) is -5.39. The molecular formula is C10H21O4PTi. The maximum atomic E-state index is 8.55. The zero-order chi connectivity index (χ0) is 12.3. The molecule has 0 aromatic carbocycles. The zero-order valence-corrected chi connectivity index (χ0v) is 12.6. The van der Waals surface area contributed by atoms with Crippen LogP contribution in [0.25, 0.3) is 0 Å². The van der Waals surface area contributed by atoms with Gasteiger partial charge in [-0.25, -0.2) is 0 Å². The molecule has 0 spiro atoms. The van der Waals surface area contributed by atoms with E-state index >= 15 is 0 Å². The van der Waals surface area contributed by atoms with E-state index in [2.05, 4.69) is 20.8 Å². The van der Waals surface area contributed by atoms with Gasteiger partial charge in [0, 0.05) is 0 Å². The van der Waals surface area contributed by atoms with Gasteiger partial charge in [0.05, 0.1) is 0 Å². The minimum Gasteiger partial charge on any atom is -0.822 e. The molecule has 0 aromatic rings. The summed E-state index contributed by atoms with van der Waals surface area (Å²) in [5.41, 5.74) is 0. The first-order valence-electron chi connectivity index (χ1n) is 5.29. The van der Waals surface area contributed by atoms with E-state index in [1.807, 2.05) is 0 Å². The van der Waals surface area contributed by atoms with Crippen LogP contribution in [-0.4, -0.2) is 0 Å². The Labute approximate surface area is 114 Å². The topological polar surface area (TPSA) is 86.2 Å². The minimum absolute atomic E-state index is 0. The fourth-order valence-electron chi connectivity index (χ4n) is 1.08. The average Bonchev–Trinajstić information content (AvgIpc) is 2.00. The maximum absolute atomic E-state index is 8.55. The molecule has 6 heteroatoms. The largest absolute Gasteiger partial charge is 4.00 e. The molecule has 0 aliphatic heterocycles. The summed E-state index contributed by atoms with van der Waals surface area (Å²) in [5.74, 6) is 0.889. The quantitative estimate of drug-likeness (QED) is 0.315. The van der Waals surface area contributed by atoms with Crippen molar-refractivity contribution in [1.82, 2.24) is 0 Å². The van der Waals surface area contributed by atoms with Crippen LogP contribution in [0.2, 0.25) is 0 Å². The van der Waals surface area contributed by atoms with Crippen LogP contribution in [0.3, 0.4) is 0 Å². The van der Waals surface area contributed by atoms with Crippen LogP contribution < -0.4 is 14.7 Å². The monoisotopic (exact) mass is 284 g/mol. The van der Waals surface area contributed by atoms with Crippen molar-refractivity contribution in [1.29, 1.82) is 0 Å². The Morgan fingerprint density at radius 1 is 1.06 bits per heavy atom. The molecule has 0 aliphatic carbocycles. The molecule has 0 saturated heterocycles. The molecule has 0 aromatic heterocycles. The second kappa shape index (κ2) is 13.9. The molecule has 0 saturated carbocycles. The molecule has 0 unspecified atom stereocenters. The van der Waals surface area contributed by atoms with Crippen LogP contribution in [0.5, 0.6) is 0 Å². The molecule has 0 fully saturated rings.